The van der Waals surface area contributed by atoms with Gasteiger partial charge in [0.15, 0.2) is 0 Å². The lowest BCUT2D eigenvalue weighted by atomic mass is 10.2. The minimum atomic E-state index is -0.265. The number of hydrogen-bond donors (Lipinski definition) is 0. The molecule has 1 atom stereocenters. The number of carbonyl (C=O) groups excluding carboxylic acids is 1. The average Bonchev–Trinajstić information content (AvgIpc) is 2.83. The Kier molecular flexibility index (Phi) is 3.81. The molecule has 5 heteroatoms. The first-order valence-corrected chi connectivity index (χ1v) is 7.94. The Hall–Kier alpha value is -1.33. The van der Waals surface area contributed by atoms with Crippen LogP contribution in [0.25, 0.3) is 0 Å². The molecule has 1 heterocycles. The number of nitrogens with zero attached hydrogens (tertiary/aromatic N) is 1. The van der Waals surface area contributed by atoms with E-state index in [1.807, 2.05) is 24.3 Å². The molecule has 1 saturated heterocycles. The summed E-state index contributed by atoms with van der Waals surface area (Å²) in [5.41, 5.74) is 1.79. The molecule has 0 saturated carbocycles. The molecule has 102 valence electrons. The molecule has 0 aromatic heterocycles. The summed E-state index contributed by atoms with van der Waals surface area (Å²) < 4.78 is 14.0. The van der Waals surface area contributed by atoms with Gasteiger partial charge in [0.2, 0.25) is 5.91 Å². The van der Waals surface area contributed by atoms with Gasteiger partial charge in [0.25, 0.3) is 0 Å². The lowest BCUT2D eigenvalue weighted by Crippen LogP contribution is -2.27. The van der Waals surface area contributed by atoms with Crippen molar-refractivity contribution in [3.05, 3.63) is 64.4 Å². The maximum Gasteiger partial charge on any atom is 0.238 e. The van der Waals surface area contributed by atoms with E-state index < -0.39 is 0 Å². The van der Waals surface area contributed by atoms with Gasteiger partial charge in [0.05, 0.1) is 5.75 Å². The van der Waals surface area contributed by atoms with Crippen LogP contribution < -0.4 is 4.90 Å². The molecule has 2 nitrogen and oxygen atoms in total. The topological polar surface area (TPSA) is 20.3 Å². The Bertz CT molecular complexity index is 629. The second-order valence-corrected chi connectivity index (χ2v) is 6.44. The summed E-state index contributed by atoms with van der Waals surface area (Å²) in [5.74, 6) is 0.253. The predicted octanol–water partition coefficient (Wildman–Crippen LogP) is 4.37. The number of carbonyl (C=O) groups is 1. The van der Waals surface area contributed by atoms with Crippen LogP contribution in [0.2, 0.25) is 0 Å². The van der Waals surface area contributed by atoms with Gasteiger partial charge in [-0.3, -0.25) is 9.69 Å². The quantitative estimate of drug-likeness (QED) is 0.800. The van der Waals surface area contributed by atoms with Gasteiger partial charge >= 0.3 is 0 Å². The largest absolute Gasteiger partial charge is 0.295 e. The highest BCUT2D eigenvalue weighted by Crippen LogP contribution is 2.41. The Morgan fingerprint density at radius 3 is 2.40 bits per heavy atom. The van der Waals surface area contributed by atoms with E-state index in [0.29, 0.717) is 5.75 Å². The third-order valence-electron chi connectivity index (χ3n) is 3.13. The minimum Gasteiger partial charge on any atom is -0.295 e. The molecule has 3 rings (SSSR count). The summed E-state index contributed by atoms with van der Waals surface area (Å²) in [4.78, 5) is 13.9. The molecule has 1 aliphatic rings. The predicted molar refractivity (Wildman–Crippen MR) is 83.2 cm³/mol. The van der Waals surface area contributed by atoms with Crippen molar-refractivity contribution in [3.63, 3.8) is 0 Å². The summed E-state index contributed by atoms with van der Waals surface area (Å²) in [6.07, 6.45) is 0. The van der Waals surface area contributed by atoms with E-state index in [2.05, 4.69) is 15.9 Å². The molecular weight excluding hydrogens is 341 g/mol. The highest BCUT2D eigenvalue weighted by atomic mass is 79.9. The van der Waals surface area contributed by atoms with Crippen LogP contribution in [-0.4, -0.2) is 11.7 Å². The normalized spacial score (nSPS) is 18.6. The van der Waals surface area contributed by atoms with Crippen molar-refractivity contribution in [1.29, 1.82) is 0 Å². The molecule has 1 aliphatic heterocycles. The highest BCUT2D eigenvalue weighted by molar-refractivity contribution is 9.10. The second kappa shape index (κ2) is 5.58. The van der Waals surface area contributed by atoms with Crippen molar-refractivity contribution < 1.29 is 9.18 Å². The Balaban J connectivity index is 1.96. The smallest absolute Gasteiger partial charge is 0.238 e. The van der Waals surface area contributed by atoms with E-state index in [1.165, 1.54) is 12.1 Å². The number of halogens is 2. The summed E-state index contributed by atoms with van der Waals surface area (Å²) in [5, 5.41) is -0.0933. The van der Waals surface area contributed by atoms with E-state index in [4.69, 9.17) is 0 Å². The van der Waals surface area contributed by atoms with E-state index in [-0.39, 0.29) is 17.1 Å². The number of thioether (sulfide) groups is 1. The number of rotatable bonds is 2. The van der Waals surface area contributed by atoms with Crippen LogP contribution in [0, 0.1) is 5.82 Å². The summed E-state index contributed by atoms with van der Waals surface area (Å²) >= 11 is 4.95. The molecule has 1 amide bonds. The van der Waals surface area contributed by atoms with E-state index in [0.717, 1.165) is 15.7 Å². The molecule has 1 unspecified atom stereocenters. The maximum atomic E-state index is 13.0. The molecule has 0 N–H and O–H groups in total. The van der Waals surface area contributed by atoms with Crippen LogP contribution in [-0.2, 0) is 4.79 Å². The Morgan fingerprint density at radius 2 is 1.75 bits per heavy atom. The van der Waals surface area contributed by atoms with Gasteiger partial charge < -0.3 is 0 Å². The first-order chi connectivity index (χ1) is 9.65. The number of hydrogen-bond acceptors (Lipinski definition) is 2. The lowest BCUT2D eigenvalue weighted by molar-refractivity contribution is -0.115. The van der Waals surface area contributed by atoms with Gasteiger partial charge in [-0.05, 0) is 42.0 Å². The van der Waals surface area contributed by atoms with Crippen molar-refractivity contribution in [2.24, 2.45) is 0 Å². The van der Waals surface area contributed by atoms with E-state index >= 15 is 0 Å². The summed E-state index contributed by atoms with van der Waals surface area (Å²) in [6, 6.07) is 14.0. The number of benzene rings is 2. The number of anilines is 1. The van der Waals surface area contributed by atoms with Gasteiger partial charge in [0, 0.05) is 10.2 Å². The molecule has 2 aromatic carbocycles. The zero-order valence-electron chi connectivity index (χ0n) is 10.4. The fourth-order valence-electron chi connectivity index (χ4n) is 2.18. The van der Waals surface area contributed by atoms with Crippen molar-refractivity contribution >= 4 is 39.3 Å². The van der Waals surface area contributed by atoms with Crippen molar-refractivity contribution in [1.82, 2.24) is 0 Å². The summed E-state index contributed by atoms with van der Waals surface area (Å²) in [7, 11) is 0. The third-order valence-corrected chi connectivity index (χ3v) is 4.87. The van der Waals surface area contributed by atoms with Crippen LogP contribution >= 0.6 is 27.7 Å². The van der Waals surface area contributed by atoms with E-state index in [1.54, 1.807) is 28.8 Å². The van der Waals surface area contributed by atoms with Crippen LogP contribution in [0.15, 0.2) is 53.0 Å². The standard InChI is InChI=1S/C15H11BrFNOS/c16-11-3-7-13(8-4-11)18-14(19)9-20-15(18)10-1-5-12(17)6-2-10/h1-8,15H,9H2. The van der Waals surface area contributed by atoms with Crippen molar-refractivity contribution in [2.75, 3.05) is 10.7 Å². The monoisotopic (exact) mass is 351 g/mol. The SMILES string of the molecule is O=C1CSC(c2ccc(F)cc2)N1c1ccc(Br)cc1. The highest BCUT2D eigenvalue weighted by Gasteiger charge is 2.33. The van der Waals surface area contributed by atoms with Crippen LogP contribution in [0.4, 0.5) is 10.1 Å². The first kappa shape index (κ1) is 13.6. The molecular formula is C15H11BrFNOS. The minimum absolute atomic E-state index is 0.0756. The fourth-order valence-corrected chi connectivity index (χ4v) is 3.62. The van der Waals surface area contributed by atoms with Gasteiger partial charge in [0.1, 0.15) is 11.2 Å². The molecule has 0 spiro atoms. The van der Waals surface area contributed by atoms with Crippen LogP contribution in [0.1, 0.15) is 10.9 Å². The van der Waals surface area contributed by atoms with Crippen molar-refractivity contribution in [3.8, 4) is 0 Å². The summed E-state index contributed by atoms with van der Waals surface area (Å²) in [6.45, 7) is 0. The molecule has 2 aromatic rings. The molecule has 0 radical (unpaired) electrons. The maximum absolute atomic E-state index is 13.0. The van der Waals surface area contributed by atoms with Gasteiger partial charge in [-0.25, -0.2) is 4.39 Å². The van der Waals surface area contributed by atoms with Crippen LogP contribution in [0.5, 0.6) is 0 Å². The van der Waals surface area contributed by atoms with Crippen molar-refractivity contribution in [2.45, 2.75) is 5.37 Å². The zero-order valence-corrected chi connectivity index (χ0v) is 12.8. The fraction of sp³-hybridized carbons (Fsp3) is 0.133. The Morgan fingerprint density at radius 1 is 1.10 bits per heavy atom. The first-order valence-electron chi connectivity index (χ1n) is 6.10. The number of amides is 1. The van der Waals surface area contributed by atoms with Gasteiger partial charge in [-0.15, -0.1) is 11.8 Å². The molecule has 0 aliphatic carbocycles. The van der Waals surface area contributed by atoms with Gasteiger partial charge in [-0.1, -0.05) is 28.1 Å². The van der Waals surface area contributed by atoms with E-state index in [9.17, 15) is 9.18 Å². The second-order valence-electron chi connectivity index (χ2n) is 4.46. The molecule has 1 fully saturated rings. The third kappa shape index (κ3) is 2.60. The molecule has 0 bridgehead atoms. The van der Waals surface area contributed by atoms with Crippen LogP contribution in [0.3, 0.4) is 0 Å². The average molecular weight is 352 g/mol. The molecule has 20 heavy (non-hydrogen) atoms. The Labute approximate surface area is 129 Å². The lowest BCUT2D eigenvalue weighted by Gasteiger charge is -2.24. The van der Waals surface area contributed by atoms with Gasteiger partial charge in [-0.2, -0.15) is 0 Å². The zero-order chi connectivity index (χ0) is 14.1.